The fourth-order valence-electron chi connectivity index (χ4n) is 3.79. The fourth-order valence-corrected chi connectivity index (χ4v) is 3.79. The topological polar surface area (TPSA) is 22.1 Å². The lowest BCUT2D eigenvalue weighted by molar-refractivity contribution is -0.0935. The van der Waals surface area contributed by atoms with E-state index in [4.69, 9.17) is 4.74 Å². The van der Waals surface area contributed by atoms with Crippen molar-refractivity contribution in [3.8, 4) is 0 Å². The van der Waals surface area contributed by atoms with Crippen LogP contribution in [0.1, 0.15) is 32.4 Å². The number of ether oxygens (including phenoxy) is 1. The van der Waals surface area contributed by atoms with Gasteiger partial charge in [0, 0.05) is 18.3 Å². The number of allylic oxidation sites excluding steroid dienone is 1. The van der Waals surface area contributed by atoms with Gasteiger partial charge in [0.25, 0.3) is 0 Å². The SMILES string of the molecule is CC1=C[C@H](C)[C@H]2CO[C@H](c3cccnc3)[C@@H]1[C@@H]2C. The quantitative estimate of drug-likeness (QED) is 0.703. The molecule has 18 heavy (non-hydrogen) atoms. The van der Waals surface area contributed by atoms with Gasteiger partial charge in [-0.2, -0.15) is 0 Å². The van der Waals surface area contributed by atoms with E-state index in [1.54, 1.807) is 0 Å². The maximum atomic E-state index is 6.16. The first-order chi connectivity index (χ1) is 8.68. The Balaban J connectivity index is 1.97. The van der Waals surface area contributed by atoms with Crippen LogP contribution in [0.5, 0.6) is 0 Å². The average Bonchev–Trinajstić information content (AvgIpc) is 2.37. The standard InChI is InChI=1S/C16H21NO/c1-10-7-11(2)15-12(3)14(10)9-18-16(15)13-5-4-6-17-8-13/h4-8,10,12,14-16H,9H2,1-3H3/t10-,12+,14+,15-,16+/m0/s1. The van der Waals surface area contributed by atoms with Gasteiger partial charge < -0.3 is 4.74 Å². The van der Waals surface area contributed by atoms with Gasteiger partial charge in [-0.15, -0.1) is 0 Å². The maximum Gasteiger partial charge on any atom is 0.0907 e. The van der Waals surface area contributed by atoms with Crippen LogP contribution in [0.15, 0.2) is 36.2 Å². The molecule has 96 valence electrons. The van der Waals surface area contributed by atoms with Crippen molar-refractivity contribution < 1.29 is 4.74 Å². The Bertz CT molecular complexity index is 453. The predicted octanol–water partition coefficient (Wildman–Crippen LogP) is 3.62. The molecule has 3 rings (SSSR count). The van der Waals surface area contributed by atoms with Gasteiger partial charge in [-0.25, -0.2) is 0 Å². The van der Waals surface area contributed by atoms with E-state index >= 15 is 0 Å². The second kappa shape index (κ2) is 4.51. The molecule has 0 spiro atoms. The lowest BCUT2D eigenvalue weighted by atomic mass is 9.65. The molecule has 1 aliphatic heterocycles. The number of rotatable bonds is 1. The van der Waals surface area contributed by atoms with Crippen LogP contribution in [0.3, 0.4) is 0 Å². The molecule has 1 aromatic rings. The minimum absolute atomic E-state index is 0.189. The number of aromatic nitrogens is 1. The monoisotopic (exact) mass is 243 g/mol. The van der Waals surface area contributed by atoms with Gasteiger partial charge in [-0.1, -0.05) is 31.6 Å². The van der Waals surface area contributed by atoms with E-state index in [1.165, 1.54) is 11.1 Å². The molecule has 0 amide bonds. The zero-order chi connectivity index (χ0) is 12.7. The van der Waals surface area contributed by atoms with Crippen LogP contribution in [0, 0.1) is 23.7 Å². The zero-order valence-electron chi connectivity index (χ0n) is 11.3. The summed E-state index contributed by atoms with van der Waals surface area (Å²) in [5.41, 5.74) is 2.70. The van der Waals surface area contributed by atoms with Crippen LogP contribution in [0.2, 0.25) is 0 Å². The molecule has 0 aromatic carbocycles. The normalized spacial score (nSPS) is 39.3. The second-order valence-corrected chi connectivity index (χ2v) is 5.86. The minimum atomic E-state index is 0.189. The van der Waals surface area contributed by atoms with Gasteiger partial charge in [-0.3, -0.25) is 4.98 Å². The van der Waals surface area contributed by atoms with E-state index in [-0.39, 0.29) is 6.10 Å². The van der Waals surface area contributed by atoms with Gasteiger partial charge in [0.2, 0.25) is 0 Å². The molecule has 0 N–H and O–H groups in total. The molecule has 2 bridgehead atoms. The highest BCUT2D eigenvalue weighted by Crippen LogP contribution is 2.49. The van der Waals surface area contributed by atoms with Crippen molar-refractivity contribution in [1.82, 2.24) is 4.98 Å². The molecule has 0 unspecified atom stereocenters. The summed E-state index contributed by atoms with van der Waals surface area (Å²) in [5, 5.41) is 0. The first-order valence-electron chi connectivity index (χ1n) is 6.88. The van der Waals surface area contributed by atoms with Crippen LogP contribution in [-0.4, -0.2) is 11.6 Å². The third-order valence-corrected chi connectivity index (χ3v) is 4.78. The highest BCUT2D eigenvalue weighted by molar-refractivity contribution is 5.23. The van der Waals surface area contributed by atoms with E-state index < -0.39 is 0 Å². The average molecular weight is 243 g/mol. The predicted molar refractivity (Wildman–Crippen MR) is 72.0 cm³/mol. The highest BCUT2D eigenvalue weighted by atomic mass is 16.5. The second-order valence-electron chi connectivity index (χ2n) is 5.86. The Kier molecular flexibility index (Phi) is 2.98. The highest BCUT2D eigenvalue weighted by Gasteiger charge is 2.43. The van der Waals surface area contributed by atoms with Crippen LogP contribution in [0.4, 0.5) is 0 Å². The molecular weight excluding hydrogens is 222 g/mol. The first-order valence-corrected chi connectivity index (χ1v) is 6.88. The molecule has 2 heterocycles. The van der Waals surface area contributed by atoms with Crippen molar-refractivity contribution in [3.05, 3.63) is 41.7 Å². The molecule has 0 radical (unpaired) electrons. The molecule has 2 heteroatoms. The Labute approximate surface area is 109 Å². The smallest absolute Gasteiger partial charge is 0.0907 e. The number of fused-ring (bicyclic) bond motifs is 2. The van der Waals surface area contributed by atoms with Crippen LogP contribution in [-0.2, 0) is 4.74 Å². The van der Waals surface area contributed by atoms with Crippen molar-refractivity contribution in [2.24, 2.45) is 23.7 Å². The number of pyridine rings is 1. The van der Waals surface area contributed by atoms with Crippen LogP contribution < -0.4 is 0 Å². The van der Waals surface area contributed by atoms with Crippen LogP contribution in [0.25, 0.3) is 0 Å². The Hall–Kier alpha value is -1.15. The summed E-state index contributed by atoms with van der Waals surface area (Å²) < 4.78 is 6.16. The molecular formula is C16H21NO. The molecule has 1 aromatic heterocycles. The van der Waals surface area contributed by atoms with Crippen molar-refractivity contribution in [1.29, 1.82) is 0 Å². The zero-order valence-corrected chi connectivity index (χ0v) is 11.3. The van der Waals surface area contributed by atoms with Gasteiger partial charge >= 0.3 is 0 Å². The summed E-state index contributed by atoms with van der Waals surface area (Å²) >= 11 is 0. The summed E-state index contributed by atoms with van der Waals surface area (Å²) in [4.78, 5) is 4.23. The molecule has 1 saturated heterocycles. The molecule has 2 nitrogen and oxygen atoms in total. The minimum Gasteiger partial charge on any atom is -0.373 e. The van der Waals surface area contributed by atoms with E-state index in [0.717, 1.165) is 6.61 Å². The van der Waals surface area contributed by atoms with Gasteiger partial charge in [0.05, 0.1) is 12.7 Å². The number of hydrogen-bond donors (Lipinski definition) is 0. The summed E-state index contributed by atoms with van der Waals surface area (Å²) in [6.45, 7) is 7.83. The third-order valence-electron chi connectivity index (χ3n) is 4.78. The van der Waals surface area contributed by atoms with E-state index in [0.29, 0.717) is 23.7 Å². The molecule has 0 saturated carbocycles. The van der Waals surface area contributed by atoms with Crippen molar-refractivity contribution in [3.63, 3.8) is 0 Å². The van der Waals surface area contributed by atoms with Crippen molar-refractivity contribution in [2.45, 2.75) is 26.9 Å². The van der Waals surface area contributed by atoms with Gasteiger partial charge in [0.15, 0.2) is 0 Å². The number of nitrogens with zero attached hydrogens (tertiary/aromatic N) is 1. The van der Waals surface area contributed by atoms with E-state index in [9.17, 15) is 0 Å². The van der Waals surface area contributed by atoms with Crippen molar-refractivity contribution >= 4 is 0 Å². The first kappa shape index (κ1) is 11.9. The van der Waals surface area contributed by atoms with Crippen LogP contribution >= 0.6 is 0 Å². The van der Waals surface area contributed by atoms with Gasteiger partial charge in [0.1, 0.15) is 0 Å². The van der Waals surface area contributed by atoms with E-state index in [2.05, 4.69) is 37.9 Å². The molecule has 1 fully saturated rings. The molecule has 5 atom stereocenters. The molecule has 1 aliphatic carbocycles. The third kappa shape index (κ3) is 1.79. The number of hydrogen-bond acceptors (Lipinski definition) is 2. The van der Waals surface area contributed by atoms with Gasteiger partial charge in [-0.05, 0) is 36.3 Å². The Morgan fingerprint density at radius 3 is 2.89 bits per heavy atom. The molecule has 2 aliphatic rings. The summed E-state index contributed by atoms with van der Waals surface area (Å²) in [6.07, 6.45) is 6.41. The fraction of sp³-hybridized carbons (Fsp3) is 0.562. The summed E-state index contributed by atoms with van der Waals surface area (Å²) in [6, 6.07) is 4.13. The largest absolute Gasteiger partial charge is 0.373 e. The maximum absolute atomic E-state index is 6.16. The lowest BCUT2D eigenvalue weighted by Gasteiger charge is -2.47. The lowest BCUT2D eigenvalue weighted by Crippen LogP contribution is -2.42. The Morgan fingerprint density at radius 2 is 2.17 bits per heavy atom. The van der Waals surface area contributed by atoms with E-state index in [1.807, 2.05) is 18.5 Å². The summed E-state index contributed by atoms with van der Waals surface area (Å²) in [5.74, 6) is 2.53. The van der Waals surface area contributed by atoms with Crippen molar-refractivity contribution in [2.75, 3.05) is 6.61 Å². The summed E-state index contributed by atoms with van der Waals surface area (Å²) in [7, 11) is 0. The Morgan fingerprint density at radius 1 is 1.33 bits per heavy atom.